The third-order valence-corrected chi connectivity index (χ3v) is 11.9. The van der Waals surface area contributed by atoms with E-state index in [0.717, 1.165) is 18.4 Å². The first kappa shape index (κ1) is 36.5. The fourth-order valence-electron chi connectivity index (χ4n) is 7.44. The predicted octanol–water partition coefficient (Wildman–Crippen LogP) is 7.14. The first-order chi connectivity index (χ1) is 22.5. The number of nitrogens with one attached hydrogen (secondary N) is 1. The number of rotatable bonds is 8. The van der Waals surface area contributed by atoms with Crippen LogP contribution < -0.4 is 5.32 Å². The van der Waals surface area contributed by atoms with E-state index in [9.17, 15) is 18.0 Å². The Hall–Kier alpha value is -2.73. The van der Waals surface area contributed by atoms with Gasteiger partial charge in [-0.15, -0.1) is 0 Å². The number of benzene rings is 2. The Bertz CT molecular complexity index is 1580. The van der Waals surface area contributed by atoms with Gasteiger partial charge in [0.1, 0.15) is 11.4 Å². The number of piperazine rings is 1. The highest BCUT2D eigenvalue weighted by molar-refractivity contribution is 7.89. The zero-order valence-corrected chi connectivity index (χ0v) is 30.2. The van der Waals surface area contributed by atoms with Crippen LogP contribution in [0, 0.1) is 11.7 Å². The monoisotopic (exact) mass is 705 g/mol. The molecule has 3 aliphatic rings. The number of hydrogen-bond acceptors (Lipinski definition) is 6. The molecule has 0 spiro atoms. The van der Waals surface area contributed by atoms with E-state index in [2.05, 4.69) is 19.2 Å². The van der Waals surface area contributed by atoms with E-state index in [-0.39, 0.29) is 67.5 Å². The second-order valence-corrected chi connectivity index (χ2v) is 17.5. The molecule has 9 nitrogen and oxygen atoms in total. The minimum absolute atomic E-state index is 0.00223. The minimum Gasteiger partial charge on any atom is -0.444 e. The summed E-state index contributed by atoms with van der Waals surface area (Å²) in [6.07, 6.45) is 2.77. The Morgan fingerprint density at radius 3 is 2.54 bits per heavy atom. The fourth-order valence-corrected chi connectivity index (χ4v) is 9.36. The number of carbonyl (C=O) groups is 2. The van der Waals surface area contributed by atoms with Gasteiger partial charge < -0.3 is 19.7 Å². The van der Waals surface area contributed by atoms with E-state index in [1.54, 1.807) is 37.8 Å². The second kappa shape index (κ2) is 14.6. The summed E-state index contributed by atoms with van der Waals surface area (Å²) in [6.45, 7) is 10.5. The Morgan fingerprint density at radius 2 is 1.85 bits per heavy atom. The molecule has 2 amide bonds. The molecule has 3 heterocycles. The van der Waals surface area contributed by atoms with E-state index in [4.69, 9.17) is 21.1 Å². The summed E-state index contributed by atoms with van der Waals surface area (Å²) in [5.41, 5.74) is 0.672. The molecule has 2 bridgehead atoms. The van der Waals surface area contributed by atoms with Crippen LogP contribution in [0.3, 0.4) is 0 Å². The quantitative estimate of drug-likeness (QED) is 0.313. The van der Waals surface area contributed by atoms with Gasteiger partial charge in [0.2, 0.25) is 15.9 Å². The lowest BCUT2D eigenvalue weighted by molar-refractivity contribution is -0.118. The second-order valence-electron chi connectivity index (χ2n) is 15.0. The van der Waals surface area contributed by atoms with E-state index >= 15 is 4.39 Å². The molecule has 5 unspecified atom stereocenters. The molecule has 48 heavy (non-hydrogen) atoms. The topological polar surface area (TPSA) is 105 Å². The molecule has 5 rings (SSSR count). The normalized spacial score (nSPS) is 25.9. The van der Waals surface area contributed by atoms with Crippen LogP contribution >= 0.6 is 11.6 Å². The van der Waals surface area contributed by atoms with Gasteiger partial charge in [-0.3, -0.25) is 4.79 Å². The molecule has 264 valence electrons. The van der Waals surface area contributed by atoms with Gasteiger partial charge in [-0.25, -0.2) is 17.6 Å². The number of halogens is 2. The number of fused-ring (bicyclic) bond motifs is 2. The van der Waals surface area contributed by atoms with Crippen LogP contribution in [0.15, 0.2) is 42.5 Å². The highest BCUT2D eigenvalue weighted by Crippen LogP contribution is 2.41. The van der Waals surface area contributed by atoms with Gasteiger partial charge in [-0.05, 0) is 115 Å². The molecule has 2 aromatic rings. The van der Waals surface area contributed by atoms with Crippen molar-refractivity contribution in [3.05, 3.63) is 64.4 Å². The average Bonchev–Trinajstić information content (AvgIpc) is 3.11. The molecule has 0 radical (unpaired) electrons. The van der Waals surface area contributed by atoms with Crippen LogP contribution in [-0.4, -0.2) is 78.4 Å². The summed E-state index contributed by atoms with van der Waals surface area (Å²) in [5, 5.41) is 3.60. The Balaban J connectivity index is 1.34. The third kappa shape index (κ3) is 9.08. The molecular weight excluding hydrogens is 657 g/mol. The lowest BCUT2D eigenvalue weighted by Gasteiger charge is -2.44. The van der Waals surface area contributed by atoms with Gasteiger partial charge in [0, 0.05) is 54.5 Å². The first-order valence-corrected chi connectivity index (χ1v) is 19.0. The van der Waals surface area contributed by atoms with Crippen LogP contribution in [0.25, 0.3) is 0 Å². The molecule has 0 saturated carbocycles. The molecule has 3 fully saturated rings. The first-order valence-electron chi connectivity index (χ1n) is 17.0. The maximum absolute atomic E-state index is 15.5. The van der Waals surface area contributed by atoms with Crippen LogP contribution in [0.5, 0.6) is 0 Å². The number of ether oxygens (including phenoxy) is 2. The highest BCUT2D eigenvalue weighted by Gasteiger charge is 2.44. The maximum atomic E-state index is 15.5. The van der Waals surface area contributed by atoms with Crippen LogP contribution in [0.4, 0.5) is 14.9 Å². The van der Waals surface area contributed by atoms with Gasteiger partial charge in [-0.2, -0.15) is 4.31 Å². The number of nitrogens with zero attached hydrogens (tertiary/aromatic N) is 2. The van der Waals surface area contributed by atoms with Gasteiger partial charge in [0.25, 0.3) is 0 Å². The van der Waals surface area contributed by atoms with Gasteiger partial charge in [0.15, 0.2) is 0 Å². The van der Waals surface area contributed by atoms with Crippen molar-refractivity contribution < 1.29 is 31.9 Å². The zero-order valence-electron chi connectivity index (χ0n) is 28.6. The average molecular weight is 706 g/mol. The van der Waals surface area contributed by atoms with Crippen molar-refractivity contribution in [1.82, 2.24) is 9.21 Å². The number of hydrogen-bond donors (Lipinski definition) is 1. The van der Waals surface area contributed by atoms with Gasteiger partial charge in [-0.1, -0.05) is 29.8 Å². The summed E-state index contributed by atoms with van der Waals surface area (Å²) < 4.78 is 55.1. The number of sulfonamides is 1. The van der Waals surface area contributed by atoms with E-state index < -0.39 is 33.6 Å². The molecule has 5 atom stereocenters. The predicted molar refractivity (Wildman–Crippen MR) is 185 cm³/mol. The SMILES string of the molecule is CC(C)(C)OC(=O)N1CC(CCc2c(F)cccc2NC(=O)CC(c2ccc(Cl)cc2)C2CCOC(C)(C)C2)N2CC1CCCS2(=O)=O. The van der Waals surface area contributed by atoms with Crippen molar-refractivity contribution in [1.29, 1.82) is 0 Å². The summed E-state index contributed by atoms with van der Waals surface area (Å²) >= 11 is 6.18. The van der Waals surface area contributed by atoms with Crippen molar-refractivity contribution in [3.63, 3.8) is 0 Å². The Morgan fingerprint density at radius 1 is 1.12 bits per heavy atom. The third-order valence-electron chi connectivity index (χ3n) is 9.70. The van der Waals surface area contributed by atoms with Crippen molar-refractivity contribution in [2.45, 2.75) is 109 Å². The summed E-state index contributed by atoms with van der Waals surface area (Å²) in [7, 11) is -3.56. The van der Waals surface area contributed by atoms with Crippen molar-refractivity contribution >= 4 is 39.3 Å². The lowest BCUT2D eigenvalue weighted by atomic mass is 9.75. The smallest absolute Gasteiger partial charge is 0.410 e. The van der Waals surface area contributed by atoms with Gasteiger partial charge in [0.05, 0.1) is 11.4 Å². The lowest BCUT2D eigenvalue weighted by Crippen LogP contribution is -2.60. The molecule has 1 N–H and O–H groups in total. The van der Waals surface area contributed by atoms with Gasteiger partial charge >= 0.3 is 6.09 Å². The number of carbonyl (C=O) groups excluding carboxylic acids is 2. The van der Waals surface area contributed by atoms with Crippen LogP contribution in [0.1, 0.15) is 90.2 Å². The molecule has 0 aliphatic carbocycles. The molecule has 3 saturated heterocycles. The molecular formula is C36H49ClFN3O6S. The highest BCUT2D eigenvalue weighted by atomic mass is 35.5. The molecule has 2 aromatic carbocycles. The number of amides is 2. The Labute approximate surface area is 289 Å². The van der Waals surface area contributed by atoms with E-state index in [1.165, 1.54) is 10.4 Å². The largest absolute Gasteiger partial charge is 0.444 e. The zero-order chi connectivity index (χ0) is 34.9. The molecule has 12 heteroatoms. The summed E-state index contributed by atoms with van der Waals surface area (Å²) in [5.74, 6) is -0.610. The maximum Gasteiger partial charge on any atom is 0.410 e. The van der Waals surface area contributed by atoms with E-state index in [1.807, 2.05) is 24.3 Å². The standard InChI is InChI=1S/C36H49ClFN3O6S/c1-35(2,3)47-34(43)40-22-28(41-23-27(40)8-7-19-48(41,44)45)15-16-29-31(38)9-6-10-32(29)39-33(42)20-30(24-11-13-26(37)14-12-24)25-17-18-46-36(4,5)21-25/h6,9-14,25,27-28,30H,7-8,15-23H2,1-5H3,(H,39,42). The summed E-state index contributed by atoms with van der Waals surface area (Å²) in [6, 6.07) is 11.3. The minimum atomic E-state index is -3.56. The molecule has 0 aromatic heterocycles. The van der Waals surface area contributed by atoms with Crippen molar-refractivity contribution in [3.8, 4) is 0 Å². The van der Waals surface area contributed by atoms with E-state index in [0.29, 0.717) is 35.7 Å². The van der Waals surface area contributed by atoms with Crippen molar-refractivity contribution in [2.24, 2.45) is 5.92 Å². The fraction of sp³-hybridized carbons (Fsp3) is 0.611. The van der Waals surface area contributed by atoms with Crippen molar-refractivity contribution in [2.75, 3.05) is 30.8 Å². The Kier molecular flexibility index (Phi) is 11.1. The van der Waals surface area contributed by atoms with Crippen LogP contribution in [0.2, 0.25) is 5.02 Å². The molecule has 3 aliphatic heterocycles. The summed E-state index contributed by atoms with van der Waals surface area (Å²) in [4.78, 5) is 28.6. The van der Waals surface area contributed by atoms with Crippen LogP contribution in [-0.2, 0) is 30.7 Å². The number of anilines is 1.